The van der Waals surface area contributed by atoms with E-state index in [-0.39, 0.29) is 29.7 Å². The van der Waals surface area contributed by atoms with Crippen LogP contribution in [0, 0.1) is 30.1 Å². The van der Waals surface area contributed by atoms with E-state index in [1.807, 2.05) is 6.92 Å². The van der Waals surface area contributed by atoms with E-state index in [0.717, 1.165) is 57.2 Å². The number of hydrogen-bond acceptors (Lipinski definition) is 7. The molecule has 5 N–H and O–H groups in total. The van der Waals surface area contributed by atoms with Gasteiger partial charge in [-0.3, -0.25) is 14.5 Å². The number of amides is 2. The van der Waals surface area contributed by atoms with Crippen molar-refractivity contribution in [1.29, 1.82) is 5.26 Å². The molecule has 1 aromatic heterocycles. The van der Waals surface area contributed by atoms with Crippen LogP contribution in [0.4, 0.5) is 0 Å². The third kappa shape index (κ3) is 10.2. The molecule has 3 aliphatic rings. The summed E-state index contributed by atoms with van der Waals surface area (Å²) >= 11 is 1.74. The van der Waals surface area contributed by atoms with E-state index in [1.165, 1.54) is 22.2 Å². The molecule has 1 aromatic rings. The summed E-state index contributed by atoms with van der Waals surface area (Å²) in [6.07, 6.45) is 14.2. The molecular formula is C32H42N6O3S. The van der Waals surface area contributed by atoms with Crippen LogP contribution in [0.5, 0.6) is 0 Å². The standard InChI is InChI=1S/C28H36N6O2S.C4H6O/c1-4-21(23-15-20(3)37-18-23)6-5-19(2)17-34-13-10-28(9-12-29,11-14-34)32-16-24(26(31)35)25(30)33-27(36)22-7-8-22;5-3-4-1-2-4/h4-6,15-16,18,22,32H,2,7-11,13-14,17H2,1,3H3,(H2,31,35)(H2,30,33,36);3-4H,1-2H2/b6-5-,21-4+,24-16+;. The summed E-state index contributed by atoms with van der Waals surface area (Å²) < 4.78 is 0. The number of carbonyl (C=O) groups excluding carboxylic acids is 3. The topological polar surface area (TPSA) is 155 Å². The first kappa shape index (κ1) is 32.7. The van der Waals surface area contributed by atoms with E-state index in [9.17, 15) is 19.6 Å². The second-order valence-electron chi connectivity index (χ2n) is 11.2. The quantitative estimate of drug-likeness (QED) is 0.108. The zero-order chi connectivity index (χ0) is 30.7. The number of primary amides is 1. The van der Waals surface area contributed by atoms with Gasteiger partial charge in [0.15, 0.2) is 0 Å². The van der Waals surface area contributed by atoms with Crippen molar-refractivity contribution in [2.45, 2.75) is 64.3 Å². The Morgan fingerprint density at radius 2 is 1.93 bits per heavy atom. The highest BCUT2D eigenvalue weighted by Gasteiger charge is 2.34. The van der Waals surface area contributed by atoms with Gasteiger partial charge in [-0.25, -0.2) is 0 Å². The van der Waals surface area contributed by atoms with Crippen LogP contribution in [0.25, 0.3) is 5.57 Å². The fourth-order valence-corrected chi connectivity index (χ4v) is 5.21. The predicted molar refractivity (Wildman–Crippen MR) is 168 cm³/mol. The highest BCUT2D eigenvalue weighted by Crippen LogP contribution is 2.30. The summed E-state index contributed by atoms with van der Waals surface area (Å²) in [5.41, 5.74) is 14.2. The second-order valence-corrected chi connectivity index (χ2v) is 12.3. The molecule has 2 amide bonds. The molecule has 4 rings (SSSR count). The van der Waals surface area contributed by atoms with Crippen LogP contribution in [0.15, 0.2) is 58.6 Å². The number of likely N-dealkylation sites (tertiary alicyclic amines) is 1. The maximum Gasteiger partial charge on any atom is 0.253 e. The van der Waals surface area contributed by atoms with Gasteiger partial charge in [-0.05, 0) is 80.5 Å². The molecule has 0 radical (unpaired) electrons. The molecule has 42 heavy (non-hydrogen) atoms. The molecule has 1 aliphatic heterocycles. The van der Waals surface area contributed by atoms with Crippen molar-refractivity contribution in [1.82, 2.24) is 10.2 Å². The number of thiophene rings is 1. The minimum absolute atomic E-state index is 0.0483. The Balaban J connectivity index is 0.000000873. The molecule has 9 nitrogen and oxygen atoms in total. The van der Waals surface area contributed by atoms with Crippen LogP contribution in [0.2, 0.25) is 0 Å². The number of aldehydes is 1. The van der Waals surface area contributed by atoms with Gasteiger partial charge in [0.2, 0.25) is 0 Å². The molecule has 10 heteroatoms. The first-order chi connectivity index (χ1) is 20.1. The van der Waals surface area contributed by atoms with Crippen molar-refractivity contribution in [2.75, 3.05) is 19.6 Å². The second kappa shape index (κ2) is 15.4. The number of nitrogens with two attached hydrogens (primary N) is 2. The van der Waals surface area contributed by atoms with Crippen molar-refractivity contribution >= 4 is 40.8 Å². The average Bonchev–Trinajstić information content (AvgIpc) is 3.89. The van der Waals surface area contributed by atoms with Gasteiger partial charge in [0, 0.05) is 42.5 Å². The molecule has 0 atom stereocenters. The van der Waals surface area contributed by atoms with Crippen LogP contribution in [0.1, 0.15) is 62.3 Å². The summed E-state index contributed by atoms with van der Waals surface area (Å²) in [6.45, 7) is 10.6. The van der Waals surface area contributed by atoms with Crippen molar-refractivity contribution < 1.29 is 14.4 Å². The van der Waals surface area contributed by atoms with E-state index in [1.54, 1.807) is 11.3 Å². The number of allylic oxidation sites excluding steroid dienone is 3. The summed E-state index contributed by atoms with van der Waals surface area (Å²) in [5.74, 6) is -0.949. The van der Waals surface area contributed by atoms with E-state index in [4.69, 9.17) is 11.5 Å². The van der Waals surface area contributed by atoms with E-state index >= 15 is 0 Å². The fourth-order valence-electron chi connectivity index (χ4n) is 4.49. The maximum atomic E-state index is 12.0. The number of nitrogens with one attached hydrogen (secondary N) is 1. The molecule has 0 spiro atoms. The summed E-state index contributed by atoms with van der Waals surface area (Å²) in [6, 6.07) is 4.43. The smallest absolute Gasteiger partial charge is 0.253 e. The Labute approximate surface area is 252 Å². The lowest BCUT2D eigenvalue weighted by molar-refractivity contribution is -0.119. The highest BCUT2D eigenvalue weighted by molar-refractivity contribution is 7.10. The molecular weight excluding hydrogens is 548 g/mol. The molecule has 224 valence electrons. The van der Waals surface area contributed by atoms with Crippen LogP contribution in [0.3, 0.4) is 0 Å². The van der Waals surface area contributed by atoms with Gasteiger partial charge >= 0.3 is 0 Å². The average molecular weight is 591 g/mol. The van der Waals surface area contributed by atoms with Gasteiger partial charge < -0.3 is 21.6 Å². The Morgan fingerprint density at radius 3 is 2.40 bits per heavy atom. The first-order valence-electron chi connectivity index (χ1n) is 14.4. The lowest BCUT2D eigenvalue weighted by Crippen LogP contribution is -2.52. The molecule has 0 unspecified atom stereocenters. The van der Waals surface area contributed by atoms with E-state index < -0.39 is 11.4 Å². The zero-order valence-corrected chi connectivity index (χ0v) is 25.4. The van der Waals surface area contributed by atoms with Gasteiger partial charge in [-0.2, -0.15) is 10.3 Å². The van der Waals surface area contributed by atoms with Gasteiger partial charge in [0.05, 0.1) is 23.6 Å². The number of rotatable bonds is 12. The zero-order valence-electron chi connectivity index (χ0n) is 24.6. The van der Waals surface area contributed by atoms with Crippen LogP contribution in [-0.4, -0.2) is 54.0 Å². The van der Waals surface area contributed by atoms with Crippen molar-refractivity contribution in [3.05, 3.63) is 64.0 Å². The van der Waals surface area contributed by atoms with Crippen LogP contribution >= 0.6 is 11.3 Å². The molecule has 0 aromatic carbocycles. The Morgan fingerprint density at radius 1 is 1.24 bits per heavy atom. The molecule has 2 aliphatic carbocycles. The molecule has 1 saturated heterocycles. The van der Waals surface area contributed by atoms with Crippen molar-refractivity contribution in [3.8, 4) is 6.07 Å². The molecule has 2 saturated carbocycles. The molecule has 2 heterocycles. The lowest BCUT2D eigenvalue weighted by atomic mass is 9.84. The number of nitriles is 1. The lowest BCUT2D eigenvalue weighted by Gasteiger charge is -2.41. The monoisotopic (exact) mass is 590 g/mol. The third-order valence-electron chi connectivity index (χ3n) is 7.57. The maximum absolute atomic E-state index is 12.0. The van der Waals surface area contributed by atoms with Crippen LogP contribution < -0.4 is 16.8 Å². The Kier molecular flexibility index (Phi) is 12.0. The fraction of sp³-hybridized carbons (Fsp3) is 0.469. The van der Waals surface area contributed by atoms with Gasteiger partial charge in [-0.1, -0.05) is 24.8 Å². The predicted octanol–water partition coefficient (Wildman–Crippen LogP) is 4.17. The number of aryl methyl sites for hydroxylation is 1. The SMILES string of the molecule is C=C(/C=C\C(=C/C)c1csc(C)c1)CN1CCC(CC#N)(N/C=C(/C(N)=O)C(N)=NC(=O)C2CC2)CC1.O=CC1CC1. The number of hydrogen-bond donors (Lipinski definition) is 3. The molecule has 3 fully saturated rings. The van der Waals surface area contributed by atoms with Crippen molar-refractivity contribution in [3.63, 3.8) is 0 Å². The number of carbonyl (C=O) groups is 3. The summed E-state index contributed by atoms with van der Waals surface area (Å²) in [4.78, 5) is 41.0. The largest absolute Gasteiger partial charge is 0.384 e. The Bertz CT molecular complexity index is 1320. The number of aliphatic imine (C=N–C) groups is 1. The van der Waals surface area contributed by atoms with Gasteiger partial charge in [-0.15, -0.1) is 11.3 Å². The minimum atomic E-state index is -0.775. The number of nitrogens with zero attached hydrogens (tertiary/aromatic N) is 3. The van der Waals surface area contributed by atoms with E-state index in [2.05, 4.69) is 64.5 Å². The third-order valence-corrected chi connectivity index (χ3v) is 8.43. The number of piperidine rings is 1. The molecule has 0 bridgehead atoms. The Hall–Kier alpha value is -3.81. The minimum Gasteiger partial charge on any atom is -0.384 e. The van der Waals surface area contributed by atoms with E-state index in [0.29, 0.717) is 18.8 Å². The van der Waals surface area contributed by atoms with Gasteiger partial charge in [0.25, 0.3) is 11.8 Å². The highest BCUT2D eigenvalue weighted by atomic mass is 32.1. The summed E-state index contributed by atoms with van der Waals surface area (Å²) in [5, 5.41) is 14.9. The van der Waals surface area contributed by atoms with Crippen LogP contribution in [-0.2, 0) is 14.4 Å². The van der Waals surface area contributed by atoms with Gasteiger partial charge in [0.1, 0.15) is 12.1 Å². The number of amidine groups is 1. The summed E-state index contributed by atoms with van der Waals surface area (Å²) in [7, 11) is 0. The first-order valence-corrected chi connectivity index (χ1v) is 15.3. The normalized spacial score (nSPS) is 19.4. The van der Waals surface area contributed by atoms with Crippen molar-refractivity contribution in [2.24, 2.45) is 28.3 Å².